The van der Waals surface area contributed by atoms with Crippen molar-refractivity contribution in [3.8, 4) is 0 Å². The number of hydrogen-bond acceptors (Lipinski definition) is 4. The molecule has 1 aromatic heterocycles. The van der Waals surface area contributed by atoms with Gasteiger partial charge in [0.2, 0.25) is 0 Å². The molecule has 2 saturated heterocycles. The smallest absolute Gasteiger partial charge is 0.265 e. The second kappa shape index (κ2) is 7.29. The third-order valence-electron chi connectivity index (χ3n) is 4.25. The topological polar surface area (TPSA) is 35.6 Å². The number of rotatable bonds is 2. The van der Waals surface area contributed by atoms with Crippen LogP contribution in [0.1, 0.15) is 21.7 Å². The zero-order chi connectivity index (χ0) is 14.1. The summed E-state index contributed by atoms with van der Waals surface area (Å²) in [5.41, 5.74) is 0.996. The normalized spacial score (nSPS) is 23.1. The van der Waals surface area contributed by atoms with Gasteiger partial charge >= 0.3 is 0 Å². The SMILES string of the molecule is Cc1csc(C(=O)N2CCN(C3CCNC3)CC2)c1Cl.Cl. The van der Waals surface area contributed by atoms with Crippen LogP contribution in [0.2, 0.25) is 5.02 Å². The second-order valence-corrected chi connectivity index (χ2v) is 6.79. The summed E-state index contributed by atoms with van der Waals surface area (Å²) >= 11 is 7.66. The van der Waals surface area contributed by atoms with Crippen molar-refractivity contribution in [2.45, 2.75) is 19.4 Å². The van der Waals surface area contributed by atoms with Gasteiger partial charge in [-0.15, -0.1) is 23.7 Å². The number of carbonyl (C=O) groups excluding carboxylic acids is 1. The molecule has 4 nitrogen and oxygen atoms in total. The molecule has 0 radical (unpaired) electrons. The van der Waals surface area contributed by atoms with Crippen LogP contribution in [0.5, 0.6) is 0 Å². The van der Waals surface area contributed by atoms with Crippen molar-refractivity contribution in [2.24, 2.45) is 0 Å². The molecule has 0 aromatic carbocycles. The number of hydrogen-bond donors (Lipinski definition) is 1. The van der Waals surface area contributed by atoms with Gasteiger partial charge in [-0.3, -0.25) is 9.69 Å². The third-order valence-corrected chi connectivity index (χ3v) is 5.93. The first-order valence-electron chi connectivity index (χ1n) is 7.14. The minimum Gasteiger partial charge on any atom is -0.335 e. The summed E-state index contributed by atoms with van der Waals surface area (Å²) in [6.45, 7) is 7.71. The Labute approximate surface area is 140 Å². The highest BCUT2D eigenvalue weighted by Gasteiger charge is 2.29. The number of halogens is 2. The van der Waals surface area contributed by atoms with Gasteiger partial charge in [-0.2, -0.15) is 0 Å². The van der Waals surface area contributed by atoms with Gasteiger partial charge in [0.1, 0.15) is 4.88 Å². The van der Waals surface area contributed by atoms with E-state index < -0.39 is 0 Å². The summed E-state index contributed by atoms with van der Waals surface area (Å²) in [5.74, 6) is 0.0947. The van der Waals surface area contributed by atoms with Crippen molar-refractivity contribution in [2.75, 3.05) is 39.3 Å². The van der Waals surface area contributed by atoms with Crippen molar-refractivity contribution in [3.63, 3.8) is 0 Å². The van der Waals surface area contributed by atoms with Crippen molar-refractivity contribution in [1.82, 2.24) is 15.1 Å². The highest BCUT2D eigenvalue weighted by atomic mass is 35.5. The Balaban J connectivity index is 0.00000161. The van der Waals surface area contributed by atoms with Gasteiger partial charge in [-0.1, -0.05) is 11.6 Å². The van der Waals surface area contributed by atoms with E-state index in [0.717, 1.165) is 44.8 Å². The third kappa shape index (κ3) is 3.54. The first-order chi connectivity index (χ1) is 9.66. The molecule has 0 saturated carbocycles. The lowest BCUT2D eigenvalue weighted by atomic mass is 10.2. The van der Waals surface area contributed by atoms with Crippen molar-refractivity contribution < 1.29 is 4.79 Å². The van der Waals surface area contributed by atoms with Crippen molar-refractivity contribution >= 4 is 41.3 Å². The molecule has 0 bridgehead atoms. The fourth-order valence-corrected chi connectivity index (χ4v) is 4.20. The van der Waals surface area contributed by atoms with Crippen LogP contribution >= 0.6 is 35.3 Å². The predicted octanol–water partition coefficient (Wildman–Crippen LogP) is 2.25. The molecule has 3 heterocycles. The van der Waals surface area contributed by atoms with Crippen molar-refractivity contribution in [1.29, 1.82) is 0 Å². The average molecular weight is 350 g/mol. The second-order valence-electron chi connectivity index (χ2n) is 5.54. The highest BCUT2D eigenvalue weighted by molar-refractivity contribution is 7.13. The van der Waals surface area contributed by atoms with Crippen molar-refractivity contribution in [3.05, 3.63) is 20.8 Å². The Morgan fingerprint density at radius 1 is 1.38 bits per heavy atom. The van der Waals surface area contributed by atoms with E-state index in [1.807, 2.05) is 17.2 Å². The summed E-state index contributed by atoms with van der Waals surface area (Å²) in [4.78, 5) is 17.6. The van der Waals surface area contributed by atoms with E-state index in [1.54, 1.807) is 0 Å². The van der Waals surface area contributed by atoms with Crippen LogP contribution in [0.4, 0.5) is 0 Å². The molecule has 1 N–H and O–H groups in total. The van der Waals surface area contributed by atoms with E-state index in [0.29, 0.717) is 15.9 Å². The Hall–Kier alpha value is -0.330. The van der Waals surface area contributed by atoms with Crippen LogP contribution in [0, 0.1) is 6.92 Å². The number of carbonyl (C=O) groups is 1. The maximum absolute atomic E-state index is 12.5. The summed E-state index contributed by atoms with van der Waals surface area (Å²) in [6.07, 6.45) is 1.23. The van der Waals surface area contributed by atoms with E-state index in [4.69, 9.17) is 11.6 Å². The highest BCUT2D eigenvalue weighted by Crippen LogP contribution is 2.28. The first kappa shape index (κ1) is 17.0. The molecule has 3 rings (SSSR count). The summed E-state index contributed by atoms with van der Waals surface area (Å²) < 4.78 is 0. The zero-order valence-corrected chi connectivity index (χ0v) is 14.5. The molecule has 0 aliphatic carbocycles. The maximum Gasteiger partial charge on any atom is 0.265 e. The molecular formula is C14H21Cl2N3OS. The lowest BCUT2D eigenvalue weighted by Gasteiger charge is -2.37. The van der Waals surface area contributed by atoms with Gasteiger partial charge in [-0.05, 0) is 30.8 Å². The van der Waals surface area contributed by atoms with E-state index in [1.165, 1.54) is 17.8 Å². The quantitative estimate of drug-likeness (QED) is 0.889. The molecule has 2 fully saturated rings. The standard InChI is InChI=1S/C14H20ClN3OS.ClH/c1-10-9-20-13(12(10)15)14(19)18-6-4-17(5-7-18)11-2-3-16-8-11;/h9,11,16H,2-8H2,1H3;1H. The predicted molar refractivity (Wildman–Crippen MR) is 90.1 cm³/mol. The maximum atomic E-state index is 12.5. The molecule has 118 valence electrons. The van der Waals surface area contributed by atoms with Crippen LogP contribution in [0.25, 0.3) is 0 Å². The fraction of sp³-hybridized carbons (Fsp3) is 0.643. The van der Waals surface area contributed by atoms with Crippen LogP contribution in [-0.2, 0) is 0 Å². The zero-order valence-electron chi connectivity index (χ0n) is 12.1. The monoisotopic (exact) mass is 349 g/mol. The largest absolute Gasteiger partial charge is 0.335 e. The number of nitrogens with one attached hydrogen (secondary N) is 1. The molecule has 2 aliphatic heterocycles. The molecule has 2 aliphatic rings. The van der Waals surface area contributed by atoms with Gasteiger partial charge in [0.05, 0.1) is 5.02 Å². The lowest BCUT2D eigenvalue weighted by Crippen LogP contribution is -2.52. The van der Waals surface area contributed by atoms with E-state index in [2.05, 4.69) is 10.2 Å². The summed E-state index contributed by atoms with van der Waals surface area (Å²) in [6, 6.07) is 0.653. The minimum absolute atomic E-state index is 0. The molecule has 1 amide bonds. The van der Waals surface area contributed by atoms with Gasteiger partial charge < -0.3 is 10.2 Å². The molecule has 21 heavy (non-hydrogen) atoms. The molecule has 1 unspecified atom stereocenters. The Morgan fingerprint density at radius 2 is 2.10 bits per heavy atom. The van der Waals surface area contributed by atoms with Crippen LogP contribution in [0.15, 0.2) is 5.38 Å². The molecule has 1 aromatic rings. The van der Waals surface area contributed by atoms with Crippen LogP contribution < -0.4 is 5.32 Å². The average Bonchev–Trinajstić information content (AvgIpc) is 3.10. The summed E-state index contributed by atoms with van der Waals surface area (Å²) in [5, 5.41) is 5.98. The van der Waals surface area contributed by atoms with E-state index >= 15 is 0 Å². The van der Waals surface area contributed by atoms with Crippen LogP contribution in [-0.4, -0.2) is 61.0 Å². The van der Waals surface area contributed by atoms with E-state index in [9.17, 15) is 4.79 Å². The van der Waals surface area contributed by atoms with Crippen LogP contribution in [0.3, 0.4) is 0 Å². The molecular weight excluding hydrogens is 329 g/mol. The molecule has 7 heteroatoms. The number of amides is 1. The Kier molecular flexibility index (Phi) is 5.91. The van der Waals surface area contributed by atoms with Gasteiger partial charge in [-0.25, -0.2) is 0 Å². The Morgan fingerprint density at radius 3 is 2.62 bits per heavy atom. The van der Waals surface area contributed by atoms with Gasteiger partial charge in [0.15, 0.2) is 0 Å². The van der Waals surface area contributed by atoms with Gasteiger partial charge in [0, 0.05) is 38.8 Å². The Bertz CT molecular complexity index is 494. The first-order valence-corrected chi connectivity index (χ1v) is 8.40. The number of piperazine rings is 1. The molecule has 0 spiro atoms. The molecule has 1 atom stereocenters. The number of nitrogens with zero attached hydrogens (tertiary/aromatic N) is 2. The summed E-state index contributed by atoms with van der Waals surface area (Å²) in [7, 11) is 0. The fourth-order valence-electron chi connectivity index (χ4n) is 2.96. The van der Waals surface area contributed by atoms with E-state index in [-0.39, 0.29) is 18.3 Å². The minimum atomic E-state index is 0. The van der Waals surface area contributed by atoms with Gasteiger partial charge in [0.25, 0.3) is 5.91 Å². The number of thiophene rings is 1. The lowest BCUT2D eigenvalue weighted by molar-refractivity contribution is 0.0588. The number of aryl methyl sites for hydroxylation is 1.